The molecule has 0 spiro atoms. The minimum absolute atomic E-state index is 0.287. The lowest BCUT2D eigenvalue weighted by Crippen LogP contribution is -2.31. The fourth-order valence-corrected chi connectivity index (χ4v) is 2.54. The largest absolute Gasteiger partial charge is 0.466 e. The number of hydrogen-bond acceptors (Lipinski definition) is 4. The molecule has 0 aromatic carbocycles. The van der Waals surface area contributed by atoms with Crippen LogP contribution in [0.25, 0.3) is 0 Å². The van der Waals surface area contributed by atoms with Gasteiger partial charge in [0.2, 0.25) is 11.8 Å². The fraction of sp³-hybridized carbons (Fsp3) is 0.706. The van der Waals surface area contributed by atoms with Crippen molar-refractivity contribution in [2.24, 2.45) is 0 Å². The molecule has 1 aliphatic heterocycles. The summed E-state index contributed by atoms with van der Waals surface area (Å²) >= 11 is 0. The van der Waals surface area contributed by atoms with Crippen LogP contribution in [0.15, 0.2) is 12.2 Å². The lowest BCUT2D eigenvalue weighted by molar-refractivity contribution is -0.135. The number of amides is 2. The number of hydrogen-bond donors (Lipinski definition) is 1. The molecule has 0 saturated carbocycles. The SMILES string of the molecule is COC(=O)/C=C\C(=O)NCCCCCCN1CCCCCC1=O. The van der Waals surface area contributed by atoms with Gasteiger partial charge in [-0.2, -0.15) is 0 Å². The molecule has 1 heterocycles. The van der Waals surface area contributed by atoms with Gasteiger partial charge in [0.05, 0.1) is 7.11 Å². The van der Waals surface area contributed by atoms with E-state index in [9.17, 15) is 14.4 Å². The summed E-state index contributed by atoms with van der Waals surface area (Å²) in [5.41, 5.74) is 0. The lowest BCUT2D eigenvalue weighted by atomic mass is 10.2. The zero-order valence-electron chi connectivity index (χ0n) is 14.0. The van der Waals surface area contributed by atoms with Gasteiger partial charge in [-0.05, 0) is 25.7 Å². The van der Waals surface area contributed by atoms with E-state index in [0.29, 0.717) is 18.9 Å². The van der Waals surface area contributed by atoms with Gasteiger partial charge in [0.25, 0.3) is 0 Å². The molecular weight excluding hydrogens is 296 g/mol. The van der Waals surface area contributed by atoms with Gasteiger partial charge < -0.3 is 15.0 Å². The van der Waals surface area contributed by atoms with Crippen molar-refractivity contribution in [1.82, 2.24) is 10.2 Å². The van der Waals surface area contributed by atoms with Gasteiger partial charge in [-0.25, -0.2) is 4.79 Å². The number of carbonyl (C=O) groups is 3. The van der Waals surface area contributed by atoms with Crippen LogP contribution in [0.4, 0.5) is 0 Å². The Bertz CT molecular complexity index is 421. The summed E-state index contributed by atoms with van der Waals surface area (Å²) in [4.78, 5) is 36.0. The standard InChI is InChI=1S/C17H28N2O4/c1-23-17(22)11-10-15(20)18-12-6-2-3-7-13-19-14-8-4-5-9-16(19)21/h10-11H,2-9,12-14H2,1H3,(H,18,20)/b11-10-. The lowest BCUT2D eigenvalue weighted by Gasteiger charge is -2.20. The van der Waals surface area contributed by atoms with E-state index >= 15 is 0 Å². The third-order valence-electron chi connectivity index (χ3n) is 3.90. The maximum absolute atomic E-state index is 11.8. The Balaban J connectivity index is 2.00. The van der Waals surface area contributed by atoms with E-state index in [1.807, 2.05) is 4.90 Å². The van der Waals surface area contributed by atoms with Crippen molar-refractivity contribution in [3.05, 3.63) is 12.2 Å². The van der Waals surface area contributed by atoms with Crippen molar-refractivity contribution < 1.29 is 19.1 Å². The average molecular weight is 324 g/mol. The third-order valence-corrected chi connectivity index (χ3v) is 3.90. The molecular formula is C17H28N2O4. The number of nitrogens with one attached hydrogen (secondary N) is 1. The van der Waals surface area contributed by atoms with E-state index in [0.717, 1.165) is 64.1 Å². The van der Waals surface area contributed by atoms with E-state index in [1.165, 1.54) is 13.2 Å². The molecule has 0 aliphatic carbocycles. The van der Waals surface area contributed by atoms with Crippen molar-refractivity contribution in [2.75, 3.05) is 26.7 Å². The van der Waals surface area contributed by atoms with Crippen LogP contribution in [-0.2, 0) is 19.1 Å². The molecule has 2 amide bonds. The van der Waals surface area contributed by atoms with Crippen LogP contribution in [-0.4, -0.2) is 49.4 Å². The van der Waals surface area contributed by atoms with Crippen molar-refractivity contribution in [1.29, 1.82) is 0 Å². The van der Waals surface area contributed by atoms with E-state index in [1.54, 1.807) is 0 Å². The summed E-state index contributed by atoms with van der Waals surface area (Å²) in [5, 5.41) is 2.72. The minimum Gasteiger partial charge on any atom is -0.466 e. The van der Waals surface area contributed by atoms with Crippen molar-refractivity contribution in [3.63, 3.8) is 0 Å². The molecule has 1 saturated heterocycles. The van der Waals surface area contributed by atoms with Crippen LogP contribution in [0.3, 0.4) is 0 Å². The van der Waals surface area contributed by atoms with E-state index < -0.39 is 5.97 Å². The van der Waals surface area contributed by atoms with Crippen LogP contribution in [0, 0.1) is 0 Å². The number of ether oxygens (including phenoxy) is 1. The Labute approximate surface area is 138 Å². The fourth-order valence-electron chi connectivity index (χ4n) is 2.54. The van der Waals surface area contributed by atoms with Crippen LogP contribution in [0.5, 0.6) is 0 Å². The number of carbonyl (C=O) groups excluding carboxylic acids is 3. The Kier molecular flexibility index (Phi) is 9.75. The number of esters is 1. The molecule has 0 atom stereocenters. The highest BCUT2D eigenvalue weighted by Crippen LogP contribution is 2.12. The Hall–Kier alpha value is -1.85. The zero-order chi connectivity index (χ0) is 16.9. The molecule has 0 radical (unpaired) electrons. The number of rotatable bonds is 9. The first-order valence-corrected chi connectivity index (χ1v) is 8.45. The van der Waals surface area contributed by atoms with Gasteiger partial charge in [0, 0.05) is 38.2 Å². The van der Waals surface area contributed by atoms with E-state index in [4.69, 9.17) is 0 Å². The quantitative estimate of drug-likeness (QED) is 0.399. The van der Waals surface area contributed by atoms with Gasteiger partial charge >= 0.3 is 5.97 Å². The molecule has 0 unspecified atom stereocenters. The van der Waals surface area contributed by atoms with Crippen molar-refractivity contribution >= 4 is 17.8 Å². The molecule has 23 heavy (non-hydrogen) atoms. The topological polar surface area (TPSA) is 75.7 Å². The summed E-state index contributed by atoms with van der Waals surface area (Å²) in [5.74, 6) is -0.527. The van der Waals surface area contributed by atoms with Gasteiger partial charge in [-0.3, -0.25) is 9.59 Å². The monoisotopic (exact) mass is 324 g/mol. The Morgan fingerprint density at radius 2 is 1.91 bits per heavy atom. The molecule has 1 N–H and O–H groups in total. The predicted octanol–water partition coefficient (Wildman–Crippen LogP) is 1.79. The first-order chi connectivity index (χ1) is 11.1. The summed E-state index contributed by atoms with van der Waals surface area (Å²) in [6, 6.07) is 0. The van der Waals surface area contributed by atoms with Crippen LogP contribution in [0.1, 0.15) is 51.4 Å². The molecule has 6 heteroatoms. The minimum atomic E-state index is -0.539. The van der Waals surface area contributed by atoms with Crippen molar-refractivity contribution in [3.8, 4) is 0 Å². The molecule has 1 fully saturated rings. The van der Waals surface area contributed by atoms with Crippen LogP contribution >= 0.6 is 0 Å². The number of unbranched alkanes of at least 4 members (excludes halogenated alkanes) is 3. The summed E-state index contributed by atoms with van der Waals surface area (Å²) in [6.45, 7) is 2.35. The van der Waals surface area contributed by atoms with Gasteiger partial charge in [-0.15, -0.1) is 0 Å². The zero-order valence-corrected chi connectivity index (χ0v) is 14.0. The van der Waals surface area contributed by atoms with Gasteiger partial charge in [0.1, 0.15) is 0 Å². The second-order valence-corrected chi connectivity index (χ2v) is 5.75. The Morgan fingerprint density at radius 3 is 2.70 bits per heavy atom. The second kappa shape index (κ2) is 11.7. The number of likely N-dealkylation sites (tertiary alicyclic amines) is 1. The molecule has 0 bridgehead atoms. The summed E-state index contributed by atoms with van der Waals surface area (Å²) in [7, 11) is 1.27. The molecule has 0 aromatic heterocycles. The summed E-state index contributed by atoms with van der Waals surface area (Å²) < 4.78 is 4.40. The number of nitrogens with zero attached hydrogens (tertiary/aromatic N) is 1. The first-order valence-electron chi connectivity index (χ1n) is 8.45. The summed E-state index contributed by atoms with van der Waals surface area (Å²) in [6.07, 6.45) is 10.3. The van der Waals surface area contributed by atoms with Crippen molar-refractivity contribution in [2.45, 2.75) is 51.4 Å². The highest BCUT2D eigenvalue weighted by molar-refractivity contribution is 5.94. The highest BCUT2D eigenvalue weighted by atomic mass is 16.5. The number of methoxy groups -OCH3 is 1. The van der Waals surface area contributed by atoms with E-state index in [2.05, 4.69) is 10.1 Å². The van der Waals surface area contributed by atoms with Gasteiger partial charge in [-0.1, -0.05) is 19.3 Å². The predicted molar refractivity (Wildman–Crippen MR) is 87.7 cm³/mol. The molecule has 130 valence electrons. The first kappa shape index (κ1) is 19.2. The highest BCUT2D eigenvalue weighted by Gasteiger charge is 2.15. The molecule has 6 nitrogen and oxygen atoms in total. The second-order valence-electron chi connectivity index (χ2n) is 5.75. The molecule has 1 rings (SSSR count). The Morgan fingerprint density at radius 1 is 1.13 bits per heavy atom. The molecule has 1 aliphatic rings. The van der Waals surface area contributed by atoms with Gasteiger partial charge in [0.15, 0.2) is 0 Å². The normalized spacial score (nSPS) is 15.5. The van der Waals surface area contributed by atoms with Crippen LogP contribution in [0.2, 0.25) is 0 Å². The smallest absolute Gasteiger partial charge is 0.330 e. The third kappa shape index (κ3) is 9.01. The van der Waals surface area contributed by atoms with Crippen LogP contribution < -0.4 is 5.32 Å². The average Bonchev–Trinajstić information content (AvgIpc) is 2.76. The maximum atomic E-state index is 11.8. The van der Waals surface area contributed by atoms with E-state index in [-0.39, 0.29) is 5.91 Å². The maximum Gasteiger partial charge on any atom is 0.330 e. The molecule has 0 aromatic rings.